The monoisotopic (exact) mass is 359 g/mol. The molecule has 0 aliphatic heterocycles. The average Bonchev–Trinajstić information content (AvgIpc) is 2.63. The van der Waals surface area contributed by atoms with Crippen LogP contribution in [-0.2, 0) is 6.42 Å². The molecule has 2 aromatic heterocycles. The molecular weight excluding hydrogens is 344 g/mol. The third kappa shape index (κ3) is 3.01. The van der Waals surface area contributed by atoms with Crippen LogP contribution in [0, 0.1) is 11.6 Å². The van der Waals surface area contributed by atoms with Crippen LogP contribution in [0.4, 0.5) is 14.5 Å². The maximum absolute atomic E-state index is 13.7. The maximum Gasteiger partial charge on any atom is 0.297 e. The number of hydrogen-bond donors (Lipinski definition) is 2. The van der Waals surface area contributed by atoms with Crippen LogP contribution in [-0.4, -0.2) is 27.8 Å². The van der Waals surface area contributed by atoms with E-state index in [0.717, 1.165) is 12.1 Å². The summed E-state index contributed by atoms with van der Waals surface area (Å²) in [5, 5.41) is 13.2. The van der Waals surface area contributed by atoms with Crippen molar-refractivity contribution in [2.75, 3.05) is 12.4 Å². The number of halogens is 2. The van der Waals surface area contributed by atoms with Crippen molar-refractivity contribution in [1.29, 1.82) is 0 Å². The van der Waals surface area contributed by atoms with Crippen molar-refractivity contribution >= 4 is 22.5 Å². The fraction of sp³-hybridized carbons (Fsp3) is 0.167. The first-order valence-corrected chi connectivity index (χ1v) is 7.82. The largest absolute Gasteiger partial charge is 0.423 e. The van der Waals surface area contributed by atoms with Gasteiger partial charge in [-0.2, -0.15) is 0 Å². The summed E-state index contributed by atoms with van der Waals surface area (Å²) in [6.07, 6.45) is 1.22. The lowest BCUT2D eigenvalue weighted by atomic mass is 10.0. The van der Waals surface area contributed by atoms with Gasteiger partial charge in [0.1, 0.15) is 17.2 Å². The van der Waals surface area contributed by atoms with E-state index in [-0.39, 0.29) is 35.3 Å². The number of nitrogens with one attached hydrogen (secondary N) is 1. The topological polar surface area (TPSA) is 84.2 Å². The average molecular weight is 359 g/mol. The number of hydrogen-bond acceptors (Lipinski definition) is 5. The van der Waals surface area contributed by atoms with E-state index in [9.17, 15) is 23.6 Å². The molecule has 0 saturated heterocycles. The molecule has 0 bridgehead atoms. The minimum Gasteiger partial charge on any atom is -0.423 e. The van der Waals surface area contributed by atoms with Crippen LogP contribution in [0.3, 0.4) is 0 Å². The summed E-state index contributed by atoms with van der Waals surface area (Å²) in [6, 6.07) is 6.31. The molecule has 3 rings (SSSR count). The van der Waals surface area contributed by atoms with Gasteiger partial charge < -0.3 is 10.5 Å². The molecule has 26 heavy (non-hydrogen) atoms. The van der Waals surface area contributed by atoms with Crippen LogP contribution in [0.5, 0.6) is 0 Å². The summed E-state index contributed by atoms with van der Waals surface area (Å²) in [5.41, 5.74) is -0.725. The normalized spacial score (nSPS) is 10.9. The molecule has 2 N–H and O–H groups in total. The lowest BCUT2D eigenvalue weighted by Crippen LogP contribution is -2.27. The molecule has 6 nitrogen and oxygen atoms in total. The molecule has 0 fully saturated rings. The summed E-state index contributed by atoms with van der Waals surface area (Å²) >= 11 is 0. The number of benzene rings is 1. The van der Waals surface area contributed by atoms with Crippen molar-refractivity contribution in [3.63, 3.8) is 0 Å². The zero-order valence-corrected chi connectivity index (χ0v) is 13.8. The molecule has 1 aromatic carbocycles. The first kappa shape index (κ1) is 17.5. The number of aromatic nitrogens is 2. The van der Waals surface area contributed by atoms with Gasteiger partial charge in [0.25, 0.3) is 5.56 Å². The zero-order chi connectivity index (χ0) is 18.8. The number of anilines is 1. The van der Waals surface area contributed by atoms with Gasteiger partial charge in [-0.05, 0) is 30.2 Å². The highest BCUT2D eigenvalue weighted by atomic mass is 19.1. The van der Waals surface area contributed by atoms with Gasteiger partial charge in [-0.15, -0.1) is 4.73 Å². The van der Waals surface area contributed by atoms with Crippen LogP contribution in [0.15, 0.2) is 41.3 Å². The second-order valence-corrected chi connectivity index (χ2v) is 5.65. The van der Waals surface area contributed by atoms with E-state index < -0.39 is 23.0 Å². The second kappa shape index (κ2) is 6.91. The third-order valence-electron chi connectivity index (χ3n) is 4.08. The predicted molar refractivity (Wildman–Crippen MR) is 91.7 cm³/mol. The maximum atomic E-state index is 13.7. The van der Waals surface area contributed by atoms with Crippen LogP contribution >= 0.6 is 0 Å². The van der Waals surface area contributed by atoms with Crippen LogP contribution in [0.25, 0.3) is 11.0 Å². The first-order valence-electron chi connectivity index (χ1n) is 7.82. The smallest absolute Gasteiger partial charge is 0.297 e. The Hall–Kier alpha value is -3.29. The van der Waals surface area contributed by atoms with E-state index in [1.54, 1.807) is 19.2 Å². The Balaban J connectivity index is 2.00. The summed E-state index contributed by atoms with van der Waals surface area (Å²) in [6.45, 7) is 0. The number of fused-ring (bicyclic) bond motifs is 1. The van der Waals surface area contributed by atoms with Crippen molar-refractivity contribution in [3.8, 4) is 0 Å². The summed E-state index contributed by atoms with van der Waals surface area (Å²) < 4.78 is 27.0. The Morgan fingerprint density at radius 1 is 1.31 bits per heavy atom. The highest BCUT2D eigenvalue weighted by Crippen LogP contribution is 2.24. The lowest BCUT2D eigenvalue weighted by Gasteiger charge is -2.13. The van der Waals surface area contributed by atoms with Gasteiger partial charge in [-0.1, -0.05) is 6.07 Å². The quantitative estimate of drug-likeness (QED) is 0.541. The Bertz CT molecular complexity index is 1060. The molecule has 0 aliphatic carbocycles. The number of Topliss-reactive ketones (excluding diaryl/α,β-unsaturated/α-hetero) is 1. The minimum atomic E-state index is -0.912. The molecule has 0 amide bonds. The number of ketones is 1. The molecular formula is C18H15F2N3O3. The highest BCUT2D eigenvalue weighted by Gasteiger charge is 2.22. The number of aryl methyl sites for hydroxylation is 1. The van der Waals surface area contributed by atoms with Gasteiger partial charge in [0.2, 0.25) is 0 Å². The zero-order valence-electron chi connectivity index (χ0n) is 13.8. The first-order chi connectivity index (χ1) is 12.4. The van der Waals surface area contributed by atoms with Crippen LogP contribution in [0.1, 0.15) is 22.3 Å². The highest BCUT2D eigenvalue weighted by molar-refractivity contribution is 6.07. The molecule has 0 spiro atoms. The fourth-order valence-corrected chi connectivity index (χ4v) is 2.82. The van der Waals surface area contributed by atoms with E-state index in [2.05, 4.69) is 10.3 Å². The van der Waals surface area contributed by atoms with Crippen LogP contribution < -0.4 is 10.9 Å². The summed E-state index contributed by atoms with van der Waals surface area (Å²) in [4.78, 5) is 29.0. The van der Waals surface area contributed by atoms with Gasteiger partial charge in [0, 0.05) is 31.1 Å². The molecule has 0 atom stereocenters. The van der Waals surface area contributed by atoms with Gasteiger partial charge >= 0.3 is 0 Å². The lowest BCUT2D eigenvalue weighted by molar-refractivity contribution is 0.0976. The number of pyridine rings is 2. The second-order valence-electron chi connectivity index (χ2n) is 5.65. The Morgan fingerprint density at radius 2 is 2.08 bits per heavy atom. The number of carbonyl (C=O) groups is 1. The molecule has 0 radical (unpaired) electrons. The Kier molecular flexibility index (Phi) is 4.66. The molecule has 134 valence electrons. The number of carbonyl (C=O) groups excluding carboxylic acids is 1. The Labute approximate surface area is 146 Å². The minimum absolute atomic E-state index is 0.00987. The Morgan fingerprint density at radius 3 is 2.77 bits per heavy atom. The molecule has 0 unspecified atom stereocenters. The fourth-order valence-electron chi connectivity index (χ4n) is 2.82. The van der Waals surface area contributed by atoms with E-state index >= 15 is 0 Å². The summed E-state index contributed by atoms with van der Waals surface area (Å²) in [7, 11) is 1.54. The van der Waals surface area contributed by atoms with E-state index in [1.807, 2.05) is 0 Å². The van der Waals surface area contributed by atoms with Gasteiger partial charge in [-0.3, -0.25) is 9.59 Å². The molecule has 0 saturated carbocycles. The molecule has 8 heteroatoms. The molecule has 2 heterocycles. The van der Waals surface area contributed by atoms with Gasteiger partial charge in [0.05, 0.1) is 5.69 Å². The molecule has 0 aliphatic rings. The van der Waals surface area contributed by atoms with Crippen molar-refractivity contribution in [2.24, 2.45) is 0 Å². The van der Waals surface area contributed by atoms with Crippen molar-refractivity contribution in [2.45, 2.75) is 12.8 Å². The SMILES string of the molecule is CNc1c(C(=O)CCc2ccc(F)cc2F)c(=O)n(O)c2ncccc12. The number of rotatable bonds is 5. The van der Waals surface area contributed by atoms with Gasteiger partial charge in [0.15, 0.2) is 11.4 Å². The van der Waals surface area contributed by atoms with Crippen LogP contribution in [0.2, 0.25) is 0 Å². The molecule has 3 aromatic rings. The number of nitrogens with zero attached hydrogens (tertiary/aromatic N) is 2. The van der Waals surface area contributed by atoms with E-state index in [0.29, 0.717) is 10.1 Å². The predicted octanol–water partition coefficient (Wildman–Crippen LogP) is 2.77. The standard InChI is InChI=1S/C18H15F2N3O3/c1-21-16-12-3-2-8-22-17(12)23(26)18(25)15(16)14(24)7-5-10-4-6-11(19)9-13(10)20/h2-4,6,8-9,21,26H,5,7H2,1H3. The third-order valence-corrected chi connectivity index (χ3v) is 4.08. The van der Waals surface area contributed by atoms with Gasteiger partial charge in [-0.25, -0.2) is 13.8 Å². The van der Waals surface area contributed by atoms with E-state index in [4.69, 9.17) is 0 Å². The van der Waals surface area contributed by atoms with E-state index in [1.165, 1.54) is 12.3 Å². The van der Waals surface area contributed by atoms with Crippen molar-refractivity contribution < 1.29 is 18.8 Å². The summed E-state index contributed by atoms with van der Waals surface area (Å²) in [5.74, 6) is -2.04. The van der Waals surface area contributed by atoms with Crippen molar-refractivity contribution in [3.05, 3.63) is 69.6 Å². The van der Waals surface area contributed by atoms with Crippen molar-refractivity contribution in [1.82, 2.24) is 9.71 Å².